The Morgan fingerprint density at radius 1 is 0.957 bits per heavy atom. The lowest BCUT2D eigenvalue weighted by Gasteiger charge is -2.10. The van der Waals surface area contributed by atoms with Gasteiger partial charge in [0.05, 0.1) is 12.2 Å². The molecule has 0 N–H and O–H groups in total. The van der Waals surface area contributed by atoms with Gasteiger partial charge in [-0.1, -0.05) is 49.4 Å². The van der Waals surface area contributed by atoms with Crippen LogP contribution in [-0.2, 0) is 0 Å². The third kappa shape index (κ3) is 3.34. The van der Waals surface area contributed by atoms with E-state index in [-0.39, 0.29) is 11.6 Å². The average Bonchev–Trinajstić information content (AvgIpc) is 2.61. The summed E-state index contributed by atoms with van der Waals surface area (Å²) in [7, 11) is 0. The van der Waals surface area contributed by atoms with E-state index in [1.807, 2.05) is 37.3 Å². The van der Waals surface area contributed by atoms with E-state index in [0.29, 0.717) is 23.7 Å². The van der Waals surface area contributed by atoms with Crippen molar-refractivity contribution in [1.29, 1.82) is 0 Å². The van der Waals surface area contributed by atoms with Crippen LogP contribution < -0.4 is 4.74 Å². The molecule has 0 spiro atoms. The first-order valence-corrected chi connectivity index (χ1v) is 7.47. The molecule has 0 atom stereocenters. The average molecular weight is 309 g/mol. The number of hydrogen-bond acceptors (Lipinski definition) is 4. The molecule has 0 unspecified atom stereocenters. The summed E-state index contributed by atoms with van der Waals surface area (Å²) < 4.78 is 19.6. The van der Waals surface area contributed by atoms with Crippen molar-refractivity contribution >= 4 is 0 Å². The quantitative estimate of drug-likeness (QED) is 0.711. The Balaban J connectivity index is 2.07. The maximum absolute atomic E-state index is 13.9. The van der Waals surface area contributed by atoms with Crippen LogP contribution in [0, 0.1) is 5.82 Å². The van der Waals surface area contributed by atoms with E-state index in [0.717, 1.165) is 12.0 Å². The molecule has 0 aliphatic heterocycles. The molecular weight excluding hydrogens is 293 g/mol. The second-order valence-electron chi connectivity index (χ2n) is 4.98. The zero-order valence-electron chi connectivity index (χ0n) is 12.7. The van der Waals surface area contributed by atoms with E-state index in [9.17, 15) is 4.39 Å². The van der Waals surface area contributed by atoms with Crippen LogP contribution in [0.5, 0.6) is 5.88 Å². The summed E-state index contributed by atoms with van der Waals surface area (Å²) in [4.78, 5) is 4.38. The minimum atomic E-state index is -0.386. The highest BCUT2D eigenvalue weighted by molar-refractivity contribution is 5.65. The first-order chi connectivity index (χ1) is 11.3. The Hall–Kier alpha value is -2.82. The maximum Gasteiger partial charge on any atom is 0.244 e. The molecule has 4 nitrogen and oxygen atoms in total. The number of aromatic nitrogens is 3. The van der Waals surface area contributed by atoms with Crippen LogP contribution in [0.4, 0.5) is 4.39 Å². The third-order valence-corrected chi connectivity index (χ3v) is 3.26. The molecule has 0 amide bonds. The highest BCUT2D eigenvalue weighted by Crippen LogP contribution is 2.28. The Kier molecular flexibility index (Phi) is 4.57. The van der Waals surface area contributed by atoms with Crippen molar-refractivity contribution in [3.63, 3.8) is 0 Å². The van der Waals surface area contributed by atoms with E-state index in [1.54, 1.807) is 18.2 Å². The lowest BCUT2D eigenvalue weighted by atomic mass is 10.1. The number of benzene rings is 2. The van der Waals surface area contributed by atoms with Crippen LogP contribution >= 0.6 is 0 Å². The summed E-state index contributed by atoms with van der Waals surface area (Å²) >= 11 is 0. The van der Waals surface area contributed by atoms with Gasteiger partial charge in [-0.15, -0.1) is 10.2 Å². The number of halogens is 1. The smallest absolute Gasteiger partial charge is 0.244 e. The molecule has 23 heavy (non-hydrogen) atoms. The molecule has 0 saturated heterocycles. The number of rotatable bonds is 5. The van der Waals surface area contributed by atoms with Gasteiger partial charge in [-0.05, 0) is 18.6 Å². The molecule has 116 valence electrons. The fourth-order valence-electron chi connectivity index (χ4n) is 2.14. The monoisotopic (exact) mass is 309 g/mol. The van der Waals surface area contributed by atoms with Gasteiger partial charge >= 0.3 is 0 Å². The van der Waals surface area contributed by atoms with E-state index < -0.39 is 0 Å². The van der Waals surface area contributed by atoms with Crippen LogP contribution in [-0.4, -0.2) is 21.8 Å². The van der Waals surface area contributed by atoms with Gasteiger partial charge in [0, 0.05) is 5.56 Å². The first-order valence-electron chi connectivity index (χ1n) is 7.47. The molecule has 0 aliphatic carbocycles. The first kappa shape index (κ1) is 15.1. The molecule has 5 heteroatoms. The molecule has 3 aromatic rings. The van der Waals surface area contributed by atoms with Crippen LogP contribution in [0.25, 0.3) is 22.6 Å². The Labute approximate surface area is 134 Å². The van der Waals surface area contributed by atoms with E-state index >= 15 is 0 Å². The van der Waals surface area contributed by atoms with Crippen molar-refractivity contribution in [3.05, 3.63) is 60.4 Å². The molecule has 1 aromatic heterocycles. The summed E-state index contributed by atoms with van der Waals surface area (Å²) in [6.07, 6.45) is 0.841. The van der Waals surface area contributed by atoms with Gasteiger partial charge in [-0.3, -0.25) is 0 Å². The normalized spacial score (nSPS) is 10.5. The van der Waals surface area contributed by atoms with Crippen molar-refractivity contribution < 1.29 is 9.13 Å². The van der Waals surface area contributed by atoms with E-state index in [4.69, 9.17) is 4.74 Å². The molecule has 0 aliphatic rings. The third-order valence-electron chi connectivity index (χ3n) is 3.26. The second kappa shape index (κ2) is 6.96. The van der Waals surface area contributed by atoms with Crippen LogP contribution in [0.3, 0.4) is 0 Å². The standard InChI is InChI=1S/C18H16FN3O/c1-2-12-23-18-16(13-8-4-3-5-9-13)21-22-17(20-18)14-10-6-7-11-15(14)19/h3-11H,2,12H2,1H3. The van der Waals surface area contributed by atoms with Gasteiger partial charge in [0.1, 0.15) is 5.82 Å². The number of nitrogens with zero attached hydrogens (tertiary/aromatic N) is 3. The predicted molar refractivity (Wildman–Crippen MR) is 86.4 cm³/mol. The molecular formula is C18H16FN3O. The molecule has 0 bridgehead atoms. The molecule has 0 saturated carbocycles. The topological polar surface area (TPSA) is 47.9 Å². The molecule has 0 radical (unpaired) electrons. The van der Waals surface area contributed by atoms with Crippen molar-refractivity contribution in [1.82, 2.24) is 15.2 Å². The van der Waals surface area contributed by atoms with Gasteiger partial charge in [-0.2, -0.15) is 4.98 Å². The predicted octanol–water partition coefficient (Wildman–Crippen LogP) is 4.13. The van der Waals surface area contributed by atoms with Gasteiger partial charge in [-0.25, -0.2) is 4.39 Å². The number of hydrogen-bond donors (Lipinski definition) is 0. The van der Waals surface area contributed by atoms with Gasteiger partial charge in [0.25, 0.3) is 0 Å². The summed E-state index contributed by atoms with van der Waals surface area (Å²) in [6, 6.07) is 15.9. The Morgan fingerprint density at radius 2 is 1.70 bits per heavy atom. The zero-order chi connectivity index (χ0) is 16.1. The van der Waals surface area contributed by atoms with Gasteiger partial charge in [0.15, 0.2) is 11.5 Å². The summed E-state index contributed by atoms with van der Waals surface area (Å²) in [5.41, 5.74) is 1.72. The SMILES string of the molecule is CCCOc1nc(-c2ccccc2F)nnc1-c1ccccc1. The fraction of sp³-hybridized carbons (Fsp3) is 0.167. The highest BCUT2D eigenvalue weighted by Gasteiger charge is 2.15. The van der Waals surface area contributed by atoms with Crippen molar-refractivity contribution in [2.45, 2.75) is 13.3 Å². The Bertz CT molecular complexity index is 793. The largest absolute Gasteiger partial charge is 0.476 e. The molecule has 2 aromatic carbocycles. The molecule has 1 heterocycles. The van der Waals surface area contributed by atoms with E-state index in [1.165, 1.54) is 6.07 Å². The minimum Gasteiger partial charge on any atom is -0.476 e. The molecule has 0 fully saturated rings. The van der Waals surface area contributed by atoms with Crippen molar-refractivity contribution in [3.8, 4) is 28.5 Å². The van der Waals surface area contributed by atoms with E-state index in [2.05, 4.69) is 15.2 Å². The highest BCUT2D eigenvalue weighted by atomic mass is 19.1. The summed E-state index contributed by atoms with van der Waals surface area (Å²) in [5.74, 6) is 0.198. The van der Waals surface area contributed by atoms with Crippen LogP contribution in [0.1, 0.15) is 13.3 Å². The Morgan fingerprint density at radius 3 is 2.43 bits per heavy atom. The maximum atomic E-state index is 13.9. The fourth-order valence-corrected chi connectivity index (χ4v) is 2.14. The van der Waals surface area contributed by atoms with Gasteiger partial charge in [0.2, 0.25) is 5.88 Å². The van der Waals surface area contributed by atoms with Crippen molar-refractivity contribution in [2.75, 3.05) is 6.61 Å². The zero-order valence-corrected chi connectivity index (χ0v) is 12.7. The lowest BCUT2D eigenvalue weighted by Crippen LogP contribution is -2.05. The molecule has 3 rings (SSSR count). The second-order valence-corrected chi connectivity index (χ2v) is 4.98. The van der Waals surface area contributed by atoms with Crippen molar-refractivity contribution in [2.24, 2.45) is 0 Å². The van der Waals surface area contributed by atoms with Crippen LogP contribution in [0.15, 0.2) is 54.6 Å². The summed E-state index contributed by atoms with van der Waals surface area (Å²) in [6.45, 7) is 2.52. The minimum absolute atomic E-state index is 0.217. The van der Waals surface area contributed by atoms with Gasteiger partial charge < -0.3 is 4.74 Å². The lowest BCUT2D eigenvalue weighted by molar-refractivity contribution is 0.305. The summed E-state index contributed by atoms with van der Waals surface area (Å²) in [5, 5.41) is 8.29. The van der Waals surface area contributed by atoms with Crippen LogP contribution in [0.2, 0.25) is 0 Å². The number of ether oxygens (including phenoxy) is 1.